The normalized spacial score (nSPS) is 11.4. The second kappa shape index (κ2) is 7.44. The number of nitro benzene ring substituents is 1. The molecule has 1 N–H and O–H groups in total. The maximum atomic E-state index is 12.8. The molecule has 30 heavy (non-hydrogen) atoms. The molecule has 2 aromatic heterocycles. The Kier molecular flexibility index (Phi) is 4.80. The molecule has 0 bridgehead atoms. The number of non-ortho nitro benzene ring substituents is 1. The third-order valence-electron chi connectivity index (χ3n) is 4.31. The van der Waals surface area contributed by atoms with Gasteiger partial charge in [0.25, 0.3) is 15.7 Å². The maximum Gasteiger partial charge on any atom is 0.270 e. The fourth-order valence-electron chi connectivity index (χ4n) is 2.88. The predicted molar refractivity (Wildman–Crippen MR) is 109 cm³/mol. The van der Waals surface area contributed by atoms with E-state index in [9.17, 15) is 18.5 Å². The standard InChI is InChI=1S/C19H15N5O5S/c1-29-18-7-6-13(17-12-23-9-3-8-20-19(23)21-17)10-16(18)22-30(27,28)15-5-2-4-14(11-15)24(25)26/h2-12,22H,1H3. The third kappa shape index (κ3) is 3.65. The molecular formula is C19H15N5O5S. The summed E-state index contributed by atoms with van der Waals surface area (Å²) in [4.78, 5) is 18.7. The van der Waals surface area contributed by atoms with Gasteiger partial charge >= 0.3 is 0 Å². The lowest BCUT2D eigenvalue weighted by molar-refractivity contribution is -0.385. The molecule has 0 saturated carbocycles. The van der Waals surface area contributed by atoms with E-state index in [4.69, 9.17) is 4.74 Å². The van der Waals surface area contributed by atoms with Crippen LogP contribution in [0.15, 0.2) is 72.0 Å². The van der Waals surface area contributed by atoms with Crippen LogP contribution in [0.1, 0.15) is 0 Å². The van der Waals surface area contributed by atoms with Gasteiger partial charge in [-0.1, -0.05) is 6.07 Å². The molecule has 0 aliphatic heterocycles. The molecule has 10 nitrogen and oxygen atoms in total. The summed E-state index contributed by atoms with van der Waals surface area (Å²) in [5.41, 5.74) is 1.08. The Labute approximate surface area is 171 Å². The van der Waals surface area contributed by atoms with Gasteiger partial charge in [-0.2, -0.15) is 0 Å². The van der Waals surface area contributed by atoms with Crippen molar-refractivity contribution in [3.05, 3.63) is 77.2 Å². The average molecular weight is 425 g/mol. The molecule has 0 radical (unpaired) electrons. The Morgan fingerprint density at radius 1 is 1.17 bits per heavy atom. The smallest absolute Gasteiger partial charge is 0.270 e. The first-order valence-electron chi connectivity index (χ1n) is 8.63. The van der Waals surface area contributed by atoms with Crippen molar-refractivity contribution in [3.63, 3.8) is 0 Å². The first-order valence-corrected chi connectivity index (χ1v) is 10.1. The number of hydrogen-bond acceptors (Lipinski definition) is 7. The lowest BCUT2D eigenvalue weighted by Gasteiger charge is -2.13. The summed E-state index contributed by atoms with van der Waals surface area (Å²) >= 11 is 0. The van der Waals surface area contributed by atoms with Gasteiger partial charge in [0.05, 0.1) is 28.3 Å². The fraction of sp³-hybridized carbons (Fsp3) is 0.0526. The molecule has 0 amide bonds. The first kappa shape index (κ1) is 19.3. The van der Waals surface area contributed by atoms with Gasteiger partial charge in [-0.15, -0.1) is 0 Å². The molecule has 0 spiro atoms. The highest BCUT2D eigenvalue weighted by molar-refractivity contribution is 7.92. The van der Waals surface area contributed by atoms with Gasteiger partial charge in [0.2, 0.25) is 5.78 Å². The van der Waals surface area contributed by atoms with Crippen molar-refractivity contribution in [3.8, 4) is 17.0 Å². The van der Waals surface area contributed by atoms with Crippen molar-refractivity contribution < 1.29 is 18.1 Å². The lowest BCUT2D eigenvalue weighted by Crippen LogP contribution is -2.14. The third-order valence-corrected chi connectivity index (χ3v) is 5.68. The van der Waals surface area contributed by atoms with E-state index >= 15 is 0 Å². The van der Waals surface area contributed by atoms with Crippen LogP contribution in [-0.2, 0) is 10.0 Å². The van der Waals surface area contributed by atoms with E-state index in [2.05, 4.69) is 14.7 Å². The van der Waals surface area contributed by atoms with Crippen LogP contribution in [0.4, 0.5) is 11.4 Å². The van der Waals surface area contributed by atoms with Crippen LogP contribution in [0.25, 0.3) is 17.0 Å². The minimum atomic E-state index is -4.10. The minimum Gasteiger partial charge on any atom is -0.495 e. The summed E-state index contributed by atoms with van der Waals surface area (Å²) < 4.78 is 35.1. The van der Waals surface area contributed by atoms with E-state index in [1.807, 2.05) is 0 Å². The van der Waals surface area contributed by atoms with E-state index in [0.29, 0.717) is 17.0 Å². The van der Waals surface area contributed by atoms with Crippen molar-refractivity contribution in [2.45, 2.75) is 4.90 Å². The largest absolute Gasteiger partial charge is 0.495 e. The molecule has 0 unspecified atom stereocenters. The number of methoxy groups -OCH3 is 1. The highest BCUT2D eigenvalue weighted by Crippen LogP contribution is 2.32. The van der Waals surface area contributed by atoms with Crippen LogP contribution < -0.4 is 9.46 Å². The molecular weight excluding hydrogens is 410 g/mol. The highest BCUT2D eigenvalue weighted by Gasteiger charge is 2.20. The number of aromatic nitrogens is 3. The monoisotopic (exact) mass is 425 g/mol. The summed E-state index contributed by atoms with van der Waals surface area (Å²) in [6.45, 7) is 0. The molecule has 11 heteroatoms. The Hall–Kier alpha value is -3.99. The molecule has 2 heterocycles. The van der Waals surface area contributed by atoms with Crippen LogP contribution in [0.5, 0.6) is 5.75 Å². The van der Waals surface area contributed by atoms with Crippen LogP contribution >= 0.6 is 0 Å². The van der Waals surface area contributed by atoms with Gasteiger partial charge < -0.3 is 4.74 Å². The second-order valence-corrected chi connectivity index (χ2v) is 7.91. The molecule has 4 aromatic rings. The average Bonchev–Trinajstić information content (AvgIpc) is 3.18. The molecule has 0 aliphatic rings. The number of ether oxygens (including phenoxy) is 1. The number of rotatable bonds is 6. The molecule has 0 saturated heterocycles. The zero-order valence-corrected chi connectivity index (χ0v) is 16.4. The molecule has 2 aromatic carbocycles. The number of anilines is 1. The van der Waals surface area contributed by atoms with E-state index in [-0.39, 0.29) is 22.0 Å². The quantitative estimate of drug-likeness (QED) is 0.371. The van der Waals surface area contributed by atoms with E-state index in [1.165, 1.54) is 25.3 Å². The second-order valence-electron chi connectivity index (χ2n) is 6.23. The summed E-state index contributed by atoms with van der Waals surface area (Å²) in [7, 11) is -2.69. The van der Waals surface area contributed by atoms with Crippen molar-refractivity contribution in [1.29, 1.82) is 0 Å². The first-order chi connectivity index (χ1) is 14.4. The molecule has 0 aliphatic carbocycles. The number of sulfonamides is 1. The van der Waals surface area contributed by atoms with Crippen molar-refractivity contribution >= 4 is 27.2 Å². The Morgan fingerprint density at radius 3 is 2.73 bits per heavy atom. The fourth-order valence-corrected chi connectivity index (χ4v) is 3.98. The van der Waals surface area contributed by atoms with Crippen LogP contribution in [0, 0.1) is 10.1 Å². The van der Waals surface area contributed by atoms with Crippen molar-refractivity contribution in [2.24, 2.45) is 0 Å². The molecule has 152 valence electrons. The van der Waals surface area contributed by atoms with Gasteiger partial charge in [0.15, 0.2) is 0 Å². The summed E-state index contributed by atoms with van der Waals surface area (Å²) in [6, 6.07) is 11.5. The number of nitrogens with zero attached hydrogens (tertiary/aromatic N) is 4. The number of fused-ring (bicyclic) bond motifs is 1. The van der Waals surface area contributed by atoms with Crippen LogP contribution in [0.3, 0.4) is 0 Å². The van der Waals surface area contributed by atoms with E-state index in [0.717, 1.165) is 6.07 Å². The number of hydrogen-bond donors (Lipinski definition) is 1. The van der Waals surface area contributed by atoms with E-state index < -0.39 is 14.9 Å². The van der Waals surface area contributed by atoms with E-state index in [1.54, 1.807) is 47.3 Å². The number of nitrogens with one attached hydrogen (secondary N) is 1. The van der Waals surface area contributed by atoms with Crippen molar-refractivity contribution in [1.82, 2.24) is 14.4 Å². The molecule has 4 rings (SSSR count). The van der Waals surface area contributed by atoms with Crippen molar-refractivity contribution in [2.75, 3.05) is 11.8 Å². The summed E-state index contributed by atoms with van der Waals surface area (Å²) in [6.07, 6.45) is 5.19. The number of benzene rings is 2. The Balaban J connectivity index is 1.73. The van der Waals surface area contributed by atoms with Gasteiger partial charge in [-0.25, -0.2) is 18.4 Å². The lowest BCUT2D eigenvalue weighted by atomic mass is 10.1. The predicted octanol–water partition coefficient (Wildman–Crippen LogP) is 3.11. The number of imidazole rings is 1. The number of nitro groups is 1. The van der Waals surface area contributed by atoms with Gasteiger partial charge in [-0.05, 0) is 30.3 Å². The van der Waals surface area contributed by atoms with Crippen LogP contribution in [-0.4, -0.2) is 34.8 Å². The zero-order valence-electron chi connectivity index (χ0n) is 15.6. The Morgan fingerprint density at radius 2 is 2.00 bits per heavy atom. The zero-order chi connectivity index (χ0) is 21.3. The SMILES string of the molecule is COc1ccc(-c2cn3cccnc3n2)cc1NS(=O)(=O)c1cccc([N+](=O)[O-])c1. The van der Waals surface area contributed by atoms with Crippen LogP contribution in [0.2, 0.25) is 0 Å². The molecule has 0 fully saturated rings. The van der Waals surface area contributed by atoms with Gasteiger partial charge in [0, 0.05) is 36.3 Å². The minimum absolute atomic E-state index is 0.173. The van der Waals surface area contributed by atoms with Gasteiger partial charge in [-0.3, -0.25) is 19.2 Å². The topological polar surface area (TPSA) is 129 Å². The summed E-state index contributed by atoms with van der Waals surface area (Å²) in [5.74, 6) is 0.789. The molecule has 0 atom stereocenters. The summed E-state index contributed by atoms with van der Waals surface area (Å²) in [5, 5.41) is 11.0. The highest BCUT2D eigenvalue weighted by atomic mass is 32.2. The maximum absolute atomic E-state index is 12.8. The Bertz CT molecular complexity index is 1330. The van der Waals surface area contributed by atoms with Gasteiger partial charge in [0.1, 0.15) is 5.75 Å².